The molecule has 0 radical (unpaired) electrons. The largest absolute Gasteiger partial charge is 0.480 e. The molecule has 1 N–H and O–H groups in total. The Kier molecular flexibility index (Phi) is 3.37. The first-order valence-electron chi connectivity index (χ1n) is 6.06. The number of nitro groups is 1. The molecular weight excluding hydrogens is 250 g/mol. The fourth-order valence-corrected chi connectivity index (χ4v) is 2.36. The van der Waals surface area contributed by atoms with E-state index in [1.807, 2.05) is 0 Å². The van der Waals surface area contributed by atoms with Gasteiger partial charge in [-0.2, -0.15) is 0 Å². The minimum absolute atomic E-state index is 0.0993. The van der Waals surface area contributed by atoms with Gasteiger partial charge in [0.15, 0.2) is 0 Å². The van der Waals surface area contributed by atoms with Crippen molar-refractivity contribution in [2.75, 3.05) is 11.4 Å². The zero-order valence-electron chi connectivity index (χ0n) is 10.6. The van der Waals surface area contributed by atoms with E-state index in [0.717, 1.165) is 19.0 Å². The summed E-state index contributed by atoms with van der Waals surface area (Å²) in [5.41, 5.74) is -1.10. The van der Waals surface area contributed by atoms with E-state index in [2.05, 4.69) is 4.98 Å². The Morgan fingerprint density at radius 1 is 1.53 bits per heavy atom. The van der Waals surface area contributed by atoms with Gasteiger partial charge in [-0.15, -0.1) is 0 Å². The quantitative estimate of drug-likeness (QED) is 0.661. The topological polar surface area (TPSA) is 96.6 Å². The lowest BCUT2D eigenvalue weighted by Crippen LogP contribution is -2.55. The van der Waals surface area contributed by atoms with Crippen LogP contribution in [0.25, 0.3) is 0 Å². The summed E-state index contributed by atoms with van der Waals surface area (Å²) in [6.07, 6.45) is 3.45. The summed E-state index contributed by atoms with van der Waals surface area (Å²) >= 11 is 0. The van der Waals surface area contributed by atoms with Crippen molar-refractivity contribution in [2.24, 2.45) is 0 Å². The standard InChI is InChI=1S/C12H15N3O4/c1-12(11(16)17)6-2-3-7-14(12)10-5-4-9(8-13-10)15(18)19/h4-5,8H,2-3,6-7H2,1H3,(H,16,17). The fourth-order valence-electron chi connectivity index (χ4n) is 2.36. The minimum Gasteiger partial charge on any atom is -0.480 e. The van der Waals surface area contributed by atoms with Crippen LogP contribution in [0.15, 0.2) is 18.3 Å². The van der Waals surface area contributed by atoms with Crippen LogP contribution in [0.5, 0.6) is 0 Å². The average molecular weight is 265 g/mol. The van der Waals surface area contributed by atoms with Crippen LogP contribution in [0.4, 0.5) is 11.5 Å². The maximum absolute atomic E-state index is 11.5. The predicted molar refractivity (Wildman–Crippen MR) is 68.1 cm³/mol. The summed E-state index contributed by atoms with van der Waals surface area (Å²) in [6, 6.07) is 2.85. The van der Waals surface area contributed by atoms with E-state index in [0.29, 0.717) is 18.8 Å². The van der Waals surface area contributed by atoms with Gasteiger partial charge in [-0.1, -0.05) is 0 Å². The first kappa shape index (κ1) is 13.3. The van der Waals surface area contributed by atoms with Gasteiger partial charge in [-0.05, 0) is 32.3 Å². The molecule has 0 aliphatic carbocycles. The van der Waals surface area contributed by atoms with E-state index in [1.165, 1.54) is 12.1 Å². The lowest BCUT2D eigenvalue weighted by molar-refractivity contribution is -0.385. The molecule has 1 aliphatic heterocycles. The van der Waals surface area contributed by atoms with E-state index in [4.69, 9.17) is 0 Å². The number of hydrogen-bond acceptors (Lipinski definition) is 5. The average Bonchev–Trinajstić information content (AvgIpc) is 2.39. The molecule has 1 aromatic heterocycles. The highest BCUT2D eigenvalue weighted by Gasteiger charge is 2.42. The molecule has 7 heteroatoms. The van der Waals surface area contributed by atoms with Crippen LogP contribution in [0.1, 0.15) is 26.2 Å². The Labute approximate surface area is 110 Å². The maximum atomic E-state index is 11.5. The summed E-state index contributed by atoms with van der Waals surface area (Å²) in [5, 5.41) is 20.0. The SMILES string of the molecule is CC1(C(=O)O)CCCCN1c1ccc([N+](=O)[O-])cn1. The molecule has 102 valence electrons. The smallest absolute Gasteiger partial charge is 0.329 e. The summed E-state index contributed by atoms with van der Waals surface area (Å²) in [6.45, 7) is 2.26. The molecule has 1 atom stereocenters. The summed E-state index contributed by atoms with van der Waals surface area (Å²) in [7, 11) is 0. The van der Waals surface area contributed by atoms with Gasteiger partial charge in [0.05, 0.1) is 4.92 Å². The number of aromatic nitrogens is 1. The van der Waals surface area contributed by atoms with Crippen LogP contribution in [0.3, 0.4) is 0 Å². The molecule has 1 fully saturated rings. The van der Waals surface area contributed by atoms with Crippen molar-refractivity contribution in [1.82, 2.24) is 4.98 Å². The van der Waals surface area contributed by atoms with Crippen LogP contribution in [-0.2, 0) is 4.79 Å². The molecule has 0 spiro atoms. The van der Waals surface area contributed by atoms with Crippen LogP contribution in [0.2, 0.25) is 0 Å². The highest BCUT2D eigenvalue weighted by Crippen LogP contribution is 2.32. The molecule has 0 saturated carbocycles. The molecule has 0 aromatic carbocycles. The third kappa shape index (κ3) is 2.35. The van der Waals surface area contributed by atoms with Crippen molar-refractivity contribution in [3.8, 4) is 0 Å². The summed E-state index contributed by atoms with van der Waals surface area (Å²) in [5.74, 6) is -0.428. The Hall–Kier alpha value is -2.18. The van der Waals surface area contributed by atoms with Crippen molar-refractivity contribution in [3.05, 3.63) is 28.4 Å². The molecular formula is C12H15N3O4. The van der Waals surface area contributed by atoms with Gasteiger partial charge < -0.3 is 10.0 Å². The Balaban J connectivity index is 2.32. The normalized spacial score (nSPS) is 23.1. The van der Waals surface area contributed by atoms with Gasteiger partial charge in [0.25, 0.3) is 5.69 Å². The number of carboxylic acid groups (broad SMARTS) is 1. The number of aliphatic carboxylic acids is 1. The van der Waals surface area contributed by atoms with Crippen molar-refractivity contribution in [2.45, 2.75) is 31.7 Å². The molecule has 2 rings (SSSR count). The molecule has 0 amide bonds. The second-order valence-corrected chi connectivity index (χ2v) is 4.82. The lowest BCUT2D eigenvalue weighted by Gasteiger charge is -2.42. The first-order valence-corrected chi connectivity index (χ1v) is 6.06. The number of carboxylic acids is 1. The highest BCUT2D eigenvalue weighted by molar-refractivity contribution is 5.83. The monoisotopic (exact) mass is 265 g/mol. The van der Waals surface area contributed by atoms with Gasteiger partial charge in [-0.25, -0.2) is 9.78 Å². The van der Waals surface area contributed by atoms with Crippen LogP contribution in [-0.4, -0.2) is 33.1 Å². The molecule has 2 heterocycles. The fraction of sp³-hybridized carbons (Fsp3) is 0.500. The van der Waals surface area contributed by atoms with Gasteiger partial charge in [-0.3, -0.25) is 10.1 Å². The highest BCUT2D eigenvalue weighted by atomic mass is 16.6. The molecule has 19 heavy (non-hydrogen) atoms. The molecule has 1 aromatic rings. The minimum atomic E-state index is -0.999. The number of nitrogens with zero attached hydrogens (tertiary/aromatic N) is 3. The van der Waals surface area contributed by atoms with E-state index >= 15 is 0 Å². The van der Waals surface area contributed by atoms with E-state index in [-0.39, 0.29) is 5.69 Å². The molecule has 0 bridgehead atoms. The molecule has 7 nitrogen and oxygen atoms in total. The number of pyridine rings is 1. The van der Waals surface area contributed by atoms with Crippen LogP contribution in [0, 0.1) is 10.1 Å². The maximum Gasteiger partial charge on any atom is 0.329 e. The zero-order valence-corrected chi connectivity index (χ0v) is 10.6. The van der Waals surface area contributed by atoms with Crippen molar-refractivity contribution >= 4 is 17.5 Å². The van der Waals surface area contributed by atoms with Gasteiger partial charge >= 0.3 is 5.97 Å². The van der Waals surface area contributed by atoms with E-state index in [9.17, 15) is 20.0 Å². The Bertz CT molecular complexity index is 502. The van der Waals surface area contributed by atoms with Crippen molar-refractivity contribution in [1.29, 1.82) is 0 Å². The predicted octanol–water partition coefficient (Wildman–Crippen LogP) is 1.82. The van der Waals surface area contributed by atoms with Crippen LogP contribution < -0.4 is 4.90 Å². The number of carbonyl (C=O) groups is 1. The number of piperidine rings is 1. The van der Waals surface area contributed by atoms with Gasteiger partial charge in [0.2, 0.25) is 0 Å². The Morgan fingerprint density at radius 2 is 2.26 bits per heavy atom. The number of rotatable bonds is 3. The second-order valence-electron chi connectivity index (χ2n) is 4.82. The first-order chi connectivity index (χ1) is 8.95. The van der Waals surface area contributed by atoms with E-state index in [1.54, 1.807) is 11.8 Å². The number of hydrogen-bond donors (Lipinski definition) is 1. The summed E-state index contributed by atoms with van der Waals surface area (Å²) in [4.78, 5) is 27.2. The molecule has 1 saturated heterocycles. The van der Waals surface area contributed by atoms with Crippen molar-refractivity contribution < 1.29 is 14.8 Å². The number of anilines is 1. The lowest BCUT2D eigenvalue weighted by atomic mass is 9.88. The molecule has 1 aliphatic rings. The second kappa shape index (κ2) is 4.83. The third-order valence-corrected chi connectivity index (χ3v) is 3.57. The van der Waals surface area contributed by atoms with Crippen molar-refractivity contribution in [3.63, 3.8) is 0 Å². The van der Waals surface area contributed by atoms with E-state index < -0.39 is 16.4 Å². The van der Waals surface area contributed by atoms with Crippen LogP contribution >= 0.6 is 0 Å². The zero-order chi connectivity index (χ0) is 14.0. The Morgan fingerprint density at radius 3 is 2.79 bits per heavy atom. The molecule has 1 unspecified atom stereocenters. The van der Waals surface area contributed by atoms with Gasteiger partial charge in [0.1, 0.15) is 17.6 Å². The summed E-state index contributed by atoms with van der Waals surface area (Å²) < 4.78 is 0. The van der Waals surface area contributed by atoms with Gasteiger partial charge in [0, 0.05) is 12.6 Å². The third-order valence-electron chi connectivity index (χ3n) is 3.57.